The Hall–Kier alpha value is -5.67. The molecule has 16 nitrogen and oxygen atoms in total. The van der Waals surface area contributed by atoms with Crippen molar-refractivity contribution in [2.45, 2.75) is 77.5 Å². The molecule has 0 bridgehead atoms. The molecule has 52 heavy (non-hydrogen) atoms. The van der Waals surface area contributed by atoms with Gasteiger partial charge in [0.25, 0.3) is 5.91 Å². The number of ether oxygens (including phenoxy) is 1. The second kappa shape index (κ2) is 17.5. The van der Waals surface area contributed by atoms with Gasteiger partial charge in [0.2, 0.25) is 23.6 Å². The van der Waals surface area contributed by atoms with Gasteiger partial charge in [0.15, 0.2) is 0 Å². The largest absolute Gasteiger partial charge is 0.465 e. The van der Waals surface area contributed by atoms with Crippen LogP contribution in [-0.2, 0) is 23.9 Å². The highest BCUT2D eigenvalue weighted by Crippen LogP contribution is 2.24. The second-order valence-corrected chi connectivity index (χ2v) is 13.5. The summed E-state index contributed by atoms with van der Waals surface area (Å²) in [5.41, 5.74) is 1.68. The summed E-state index contributed by atoms with van der Waals surface area (Å²) in [6.45, 7) is 7.77. The molecule has 2 heterocycles. The van der Waals surface area contributed by atoms with Gasteiger partial charge in [-0.3, -0.25) is 24.0 Å². The third-order valence-corrected chi connectivity index (χ3v) is 9.11. The zero-order chi connectivity index (χ0) is 38.1. The standard InChI is InChI=1S/C36H47N7O9/c1-20(2)28(40-35(49)50)33(47)42-18-6-8-26(42)31(45)38-23-12-10-22(11-13-23)30(44)37-24-14-16-25(17-15-24)39-32(46)27-9-7-19-43(27)34(48)29(21(3)4)41-36(51)52-5/h10-17,20-21,26-29,40H,6-9,18-19H2,1-5H3,(H,37,44)(H,38,45)(H,39,46)(H,41,51)(H,49,50). The van der Waals surface area contributed by atoms with Crippen LogP contribution < -0.4 is 26.6 Å². The molecule has 0 spiro atoms. The Morgan fingerprint density at radius 1 is 0.654 bits per heavy atom. The number of hydrogen-bond donors (Lipinski definition) is 6. The van der Waals surface area contributed by atoms with Gasteiger partial charge in [-0.15, -0.1) is 0 Å². The molecule has 6 N–H and O–H groups in total. The Morgan fingerprint density at radius 2 is 1.06 bits per heavy atom. The monoisotopic (exact) mass is 721 g/mol. The molecule has 4 rings (SSSR count). The van der Waals surface area contributed by atoms with Gasteiger partial charge in [-0.05, 0) is 86.1 Å². The van der Waals surface area contributed by atoms with E-state index < -0.39 is 54.1 Å². The van der Waals surface area contributed by atoms with Crippen molar-refractivity contribution in [3.63, 3.8) is 0 Å². The summed E-state index contributed by atoms with van der Waals surface area (Å²) >= 11 is 0. The van der Waals surface area contributed by atoms with Crippen LogP contribution in [-0.4, -0.2) is 101 Å². The van der Waals surface area contributed by atoms with Gasteiger partial charge in [0.05, 0.1) is 7.11 Å². The first kappa shape index (κ1) is 39.1. The van der Waals surface area contributed by atoms with Gasteiger partial charge >= 0.3 is 12.2 Å². The van der Waals surface area contributed by atoms with Gasteiger partial charge in [0.1, 0.15) is 24.2 Å². The number of rotatable bonds is 12. The number of hydrogen-bond acceptors (Lipinski definition) is 8. The fourth-order valence-electron chi connectivity index (χ4n) is 6.31. The Balaban J connectivity index is 1.31. The number of carbonyl (C=O) groups excluding carboxylic acids is 6. The molecule has 0 aromatic heterocycles. The van der Waals surface area contributed by atoms with Crippen molar-refractivity contribution in [3.05, 3.63) is 54.1 Å². The maximum atomic E-state index is 13.3. The van der Waals surface area contributed by atoms with E-state index in [-0.39, 0.29) is 23.7 Å². The maximum absolute atomic E-state index is 13.3. The van der Waals surface area contributed by atoms with Crippen molar-refractivity contribution in [2.75, 3.05) is 36.1 Å². The summed E-state index contributed by atoms with van der Waals surface area (Å²) in [5.74, 6) is -2.51. The smallest absolute Gasteiger partial charge is 0.407 e. The SMILES string of the molecule is COC(=O)NC(C(=O)N1CCCC1C(=O)Nc1ccc(NC(=O)c2ccc(NC(=O)C3CCCN3C(=O)C(NC(=O)O)C(C)C)cc2)cc1)C(C)C. The highest BCUT2D eigenvalue weighted by molar-refractivity contribution is 6.05. The molecule has 2 aromatic rings. The molecular weight excluding hydrogens is 674 g/mol. The average Bonchev–Trinajstić information content (AvgIpc) is 3.81. The summed E-state index contributed by atoms with van der Waals surface area (Å²) in [6, 6.07) is 9.45. The molecule has 4 unspecified atom stereocenters. The second-order valence-electron chi connectivity index (χ2n) is 13.5. The molecule has 0 aliphatic carbocycles. The number of alkyl carbamates (subject to hydrolysis) is 1. The molecule has 2 aliphatic rings. The van der Waals surface area contributed by atoms with Crippen LogP contribution in [0.2, 0.25) is 0 Å². The van der Waals surface area contributed by atoms with Crippen molar-refractivity contribution in [2.24, 2.45) is 11.8 Å². The van der Waals surface area contributed by atoms with E-state index in [0.29, 0.717) is 61.4 Å². The molecule has 16 heteroatoms. The minimum Gasteiger partial charge on any atom is -0.465 e. The van der Waals surface area contributed by atoms with Crippen LogP contribution in [0.15, 0.2) is 48.5 Å². The fourth-order valence-corrected chi connectivity index (χ4v) is 6.31. The van der Waals surface area contributed by atoms with Gasteiger partial charge in [-0.1, -0.05) is 27.7 Å². The van der Waals surface area contributed by atoms with Crippen LogP contribution in [0.1, 0.15) is 63.7 Å². The van der Waals surface area contributed by atoms with Crippen molar-refractivity contribution in [1.82, 2.24) is 20.4 Å². The lowest BCUT2D eigenvalue weighted by atomic mass is 10.0. The lowest BCUT2D eigenvalue weighted by Gasteiger charge is -2.30. The summed E-state index contributed by atoms with van der Waals surface area (Å²) < 4.78 is 4.65. The molecular formula is C36H47N7O9. The zero-order valence-corrected chi connectivity index (χ0v) is 29.9. The molecule has 2 saturated heterocycles. The van der Waals surface area contributed by atoms with Gasteiger partial charge < -0.3 is 46.2 Å². The van der Waals surface area contributed by atoms with Crippen molar-refractivity contribution < 1.29 is 43.4 Å². The number of benzene rings is 2. The van der Waals surface area contributed by atoms with Crippen LogP contribution in [0.4, 0.5) is 26.7 Å². The number of anilines is 3. The molecule has 0 saturated carbocycles. The highest BCUT2D eigenvalue weighted by atomic mass is 16.5. The van der Waals surface area contributed by atoms with Gasteiger partial charge in [0, 0.05) is 35.7 Å². The first-order valence-corrected chi connectivity index (χ1v) is 17.3. The topological polar surface area (TPSA) is 216 Å². The minimum absolute atomic E-state index is 0.223. The minimum atomic E-state index is -1.31. The molecule has 2 aromatic carbocycles. The molecule has 7 amide bonds. The lowest BCUT2D eigenvalue weighted by Crippen LogP contribution is -2.54. The molecule has 0 radical (unpaired) electrons. The number of nitrogens with one attached hydrogen (secondary N) is 5. The van der Waals surface area contributed by atoms with E-state index in [0.717, 1.165) is 0 Å². The van der Waals surface area contributed by atoms with E-state index in [1.807, 2.05) is 0 Å². The highest BCUT2D eigenvalue weighted by Gasteiger charge is 2.40. The number of likely N-dealkylation sites (tertiary alicyclic amines) is 2. The molecule has 4 atom stereocenters. The van der Waals surface area contributed by atoms with E-state index in [1.54, 1.807) is 76.2 Å². The molecule has 2 fully saturated rings. The number of carbonyl (C=O) groups is 7. The molecule has 280 valence electrons. The van der Waals surface area contributed by atoms with E-state index in [2.05, 4.69) is 31.3 Å². The van der Waals surface area contributed by atoms with Crippen LogP contribution in [0.3, 0.4) is 0 Å². The van der Waals surface area contributed by atoms with Crippen LogP contribution in [0, 0.1) is 11.8 Å². The third kappa shape index (κ3) is 9.76. The first-order chi connectivity index (χ1) is 24.7. The van der Waals surface area contributed by atoms with E-state index in [1.165, 1.54) is 16.9 Å². The summed E-state index contributed by atoms with van der Waals surface area (Å²) in [4.78, 5) is 91.6. The van der Waals surface area contributed by atoms with Crippen LogP contribution in [0.5, 0.6) is 0 Å². The van der Waals surface area contributed by atoms with Crippen LogP contribution >= 0.6 is 0 Å². The van der Waals surface area contributed by atoms with Gasteiger partial charge in [-0.25, -0.2) is 9.59 Å². The Bertz CT molecular complexity index is 1650. The van der Waals surface area contributed by atoms with Gasteiger partial charge in [-0.2, -0.15) is 0 Å². The summed E-state index contributed by atoms with van der Waals surface area (Å²) in [6.07, 6.45) is 0.112. The number of carboxylic acid groups (broad SMARTS) is 1. The Kier molecular flexibility index (Phi) is 13.2. The lowest BCUT2D eigenvalue weighted by molar-refractivity contribution is -0.139. The predicted molar refractivity (Wildman–Crippen MR) is 192 cm³/mol. The quantitative estimate of drug-likeness (QED) is 0.189. The van der Waals surface area contributed by atoms with E-state index in [4.69, 9.17) is 5.11 Å². The van der Waals surface area contributed by atoms with Crippen LogP contribution in [0.25, 0.3) is 0 Å². The number of methoxy groups -OCH3 is 1. The van der Waals surface area contributed by atoms with E-state index in [9.17, 15) is 33.6 Å². The predicted octanol–water partition coefficient (Wildman–Crippen LogP) is 3.47. The normalized spacial score (nSPS) is 18.0. The number of nitrogens with zero attached hydrogens (tertiary/aromatic N) is 2. The first-order valence-electron chi connectivity index (χ1n) is 17.3. The molecule has 2 aliphatic heterocycles. The third-order valence-electron chi connectivity index (χ3n) is 9.11. The number of amides is 7. The maximum Gasteiger partial charge on any atom is 0.407 e. The fraction of sp³-hybridized carbons (Fsp3) is 0.472. The summed E-state index contributed by atoms with van der Waals surface area (Å²) in [7, 11) is 1.22. The van der Waals surface area contributed by atoms with Crippen molar-refractivity contribution in [1.29, 1.82) is 0 Å². The zero-order valence-electron chi connectivity index (χ0n) is 29.9. The summed E-state index contributed by atoms with van der Waals surface area (Å²) in [5, 5.41) is 22.4. The van der Waals surface area contributed by atoms with Crippen molar-refractivity contribution >= 4 is 58.8 Å². The Labute approximate surface area is 302 Å². The Morgan fingerprint density at radius 3 is 1.46 bits per heavy atom. The van der Waals surface area contributed by atoms with E-state index >= 15 is 0 Å². The average molecular weight is 722 g/mol. The van der Waals surface area contributed by atoms with Crippen molar-refractivity contribution in [3.8, 4) is 0 Å².